The van der Waals surface area contributed by atoms with E-state index in [0.29, 0.717) is 21.6 Å². The van der Waals surface area contributed by atoms with E-state index in [1.807, 2.05) is 0 Å². The summed E-state index contributed by atoms with van der Waals surface area (Å²) in [5, 5.41) is 3.90. The van der Waals surface area contributed by atoms with Gasteiger partial charge in [-0.3, -0.25) is 5.43 Å². The zero-order chi connectivity index (χ0) is 13.1. The molecule has 2 rings (SSSR count). The van der Waals surface area contributed by atoms with Crippen molar-refractivity contribution >= 4 is 34.8 Å². The number of benzene rings is 1. The van der Waals surface area contributed by atoms with Crippen LogP contribution in [0, 0.1) is 0 Å². The van der Waals surface area contributed by atoms with Gasteiger partial charge in [0, 0.05) is 43.3 Å². The molecule has 3 nitrogen and oxygen atoms in total. The normalized spacial score (nSPS) is 18.2. The van der Waals surface area contributed by atoms with E-state index in [-0.39, 0.29) is 0 Å². The molecule has 18 heavy (non-hydrogen) atoms. The Hall–Kier alpha value is -0.0300. The molecule has 100 valence electrons. The van der Waals surface area contributed by atoms with Crippen LogP contribution in [0.25, 0.3) is 0 Å². The predicted molar refractivity (Wildman–Crippen MR) is 77.4 cm³/mol. The molecular formula is C12H16Cl3N3. The Morgan fingerprint density at radius 2 is 1.67 bits per heavy atom. The van der Waals surface area contributed by atoms with Crippen molar-refractivity contribution in [3.63, 3.8) is 0 Å². The minimum atomic E-state index is 0.533. The van der Waals surface area contributed by atoms with Gasteiger partial charge in [-0.15, -0.1) is 0 Å². The van der Waals surface area contributed by atoms with Crippen LogP contribution in [0.15, 0.2) is 12.1 Å². The maximum Gasteiger partial charge on any atom is 0.0652 e. The molecule has 0 bridgehead atoms. The van der Waals surface area contributed by atoms with E-state index in [9.17, 15) is 0 Å². The van der Waals surface area contributed by atoms with Crippen LogP contribution in [0.4, 0.5) is 0 Å². The third-order valence-corrected chi connectivity index (χ3v) is 4.32. The number of hydrogen-bond donors (Lipinski definition) is 1. The van der Waals surface area contributed by atoms with Crippen molar-refractivity contribution in [1.82, 2.24) is 15.3 Å². The molecule has 0 atom stereocenters. The molecule has 1 aliphatic heterocycles. The van der Waals surface area contributed by atoms with E-state index >= 15 is 0 Å². The van der Waals surface area contributed by atoms with Gasteiger partial charge in [-0.1, -0.05) is 34.8 Å². The van der Waals surface area contributed by atoms with Crippen molar-refractivity contribution in [2.45, 2.75) is 6.54 Å². The highest BCUT2D eigenvalue weighted by atomic mass is 35.5. The summed E-state index contributed by atoms with van der Waals surface area (Å²) in [5.41, 5.74) is 4.20. The number of nitrogens with zero attached hydrogens (tertiary/aromatic N) is 2. The van der Waals surface area contributed by atoms with Crippen molar-refractivity contribution in [2.75, 3.05) is 33.2 Å². The summed E-state index contributed by atoms with van der Waals surface area (Å²) >= 11 is 18.3. The second kappa shape index (κ2) is 6.42. The summed E-state index contributed by atoms with van der Waals surface area (Å²) in [6.07, 6.45) is 0. The highest BCUT2D eigenvalue weighted by Crippen LogP contribution is 2.31. The Balaban J connectivity index is 1.96. The molecule has 6 heteroatoms. The molecule has 0 aliphatic carbocycles. The van der Waals surface area contributed by atoms with E-state index in [0.717, 1.165) is 31.7 Å². The van der Waals surface area contributed by atoms with Crippen molar-refractivity contribution in [2.24, 2.45) is 0 Å². The fourth-order valence-electron chi connectivity index (χ4n) is 1.89. The standard InChI is InChI=1S/C12H16Cl3N3/c1-17-4-6-18(7-5-17)16-8-9-10(13)2-3-11(14)12(9)15/h2-3,16H,4-8H2,1H3. The summed E-state index contributed by atoms with van der Waals surface area (Å²) in [6, 6.07) is 3.49. The molecule has 1 N–H and O–H groups in total. The summed E-state index contributed by atoms with van der Waals surface area (Å²) < 4.78 is 0. The first-order valence-corrected chi connectivity index (χ1v) is 7.00. The Morgan fingerprint density at radius 1 is 1.06 bits per heavy atom. The molecular weight excluding hydrogens is 293 g/mol. The van der Waals surface area contributed by atoms with Crippen LogP contribution in [-0.2, 0) is 6.54 Å². The number of likely N-dealkylation sites (N-methyl/N-ethyl adjacent to an activating group) is 1. The van der Waals surface area contributed by atoms with Gasteiger partial charge in [-0.25, -0.2) is 5.01 Å². The van der Waals surface area contributed by atoms with Crippen LogP contribution in [0.2, 0.25) is 15.1 Å². The van der Waals surface area contributed by atoms with Gasteiger partial charge in [-0.2, -0.15) is 0 Å². The molecule has 1 aromatic carbocycles. The summed E-state index contributed by atoms with van der Waals surface area (Å²) in [5.74, 6) is 0. The Morgan fingerprint density at radius 3 is 2.33 bits per heavy atom. The Bertz CT molecular complexity index is 417. The van der Waals surface area contributed by atoms with Crippen molar-refractivity contribution < 1.29 is 0 Å². The first kappa shape index (κ1) is 14.4. The molecule has 0 aromatic heterocycles. The molecule has 0 unspecified atom stereocenters. The van der Waals surface area contributed by atoms with Crippen LogP contribution in [0.5, 0.6) is 0 Å². The van der Waals surface area contributed by atoms with Crippen LogP contribution >= 0.6 is 34.8 Å². The zero-order valence-corrected chi connectivity index (χ0v) is 12.5. The summed E-state index contributed by atoms with van der Waals surface area (Å²) in [4.78, 5) is 2.30. The molecule has 0 saturated carbocycles. The van der Waals surface area contributed by atoms with E-state index in [4.69, 9.17) is 34.8 Å². The van der Waals surface area contributed by atoms with Gasteiger partial charge >= 0.3 is 0 Å². The average Bonchev–Trinajstić information content (AvgIpc) is 2.36. The van der Waals surface area contributed by atoms with Crippen LogP contribution in [-0.4, -0.2) is 43.1 Å². The topological polar surface area (TPSA) is 18.5 Å². The second-order valence-electron chi connectivity index (χ2n) is 4.45. The number of hydrazine groups is 1. The number of nitrogens with one attached hydrogen (secondary N) is 1. The highest BCUT2D eigenvalue weighted by Gasteiger charge is 2.15. The molecule has 1 fully saturated rings. The third-order valence-electron chi connectivity index (χ3n) is 3.12. The number of hydrogen-bond acceptors (Lipinski definition) is 3. The number of halogens is 3. The van der Waals surface area contributed by atoms with E-state index in [1.54, 1.807) is 12.1 Å². The van der Waals surface area contributed by atoms with Gasteiger partial charge in [-0.05, 0) is 19.2 Å². The minimum Gasteiger partial charge on any atom is -0.304 e. The monoisotopic (exact) mass is 307 g/mol. The van der Waals surface area contributed by atoms with Gasteiger partial charge in [0.25, 0.3) is 0 Å². The number of rotatable bonds is 3. The lowest BCUT2D eigenvalue weighted by molar-refractivity contribution is 0.102. The lowest BCUT2D eigenvalue weighted by atomic mass is 10.2. The smallest absolute Gasteiger partial charge is 0.0652 e. The SMILES string of the molecule is CN1CCN(NCc2c(Cl)ccc(Cl)c2Cl)CC1. The van der Waals surface area contributed by atoms with Gasteiger partial charge in [0.15, 0.2) is 0 Å². The van der Waals surface area contributed by atoms with E-state index in [2.05, 4.69) is 22.4 Å². The van der Waals surface area contributed by atoms with Crippen LogP contribution in [0.1, 0.15) is 5.56 Å². The number of piperazine rings is 1. The average molecular weight is 309 g/mol. The molecule has 0 amide bonds. The maximum atomic E-state index is 6.16. The van der Waals surface area contributed by atoms with Crippen molar-refractivity contribution in [3.05, 3.63) is 32.8 Å². The van der Waals surface area contributed by atoms with Crippen molar-refractivity contribution in [1.29, 1.82) is 0 Å². The van der Waals surface area contributed by atoms with Gasteiger partial charge in [0.2, 0.25) is 0 Å². The molecule has 0 spiro atoms. The largest absolute Gasteiger partial charge is 0.304 e. The molecule has 1 heterocycles. The summed E-state index contributed by atoms with van der Waals surface area (Å²) in [6.45, 7) is 4.70. The Labute approximate surface area is 123 Å². The molecule has 1 aliphatic rings. The molecule has 1 aromatic rings. The second-order valence-corrected chi connectivity index (χ2v) is 5.64. The molecule has 0 radical (unpaired) electrons. The first-order chi connectivity index (χ1) is 8.58. The zero-order valence-electron chi connectivity index (χ0n) is 10.2. The quantitative estimate of drug-likeness (QED) is 0.866. The minimum absolute atomic E-state index is 0.533. The summed E-state index contributed by atoms with van der Waals surface area (Å²) in [7, 11) is 2.13. The highest BCUT2D eigenvalue weighted by molar-refractivity contribution is 6.44. The molecule has 1 saturated heterocycles. The van der Waals surface area contributed by atoms with Crippen molar-refractivity contribution in [3.8, 4) is 0 Å². The van der Waals surface area contributed by atoms with Gasteiger partial charge in [0.05, 0.1) is 10.0 Å². The van der Waals surface area contributed by atoms with Crippen LogP contribution in [0.3, 0.4) is 0 Å². The predicted octanol–water partition coefficient (Wildman–Crippen LogP) is 2.90. The fraction of sp³-hybridized carbons (Fsp3) is 0.500. The lowest BCUT2D eigenvalue weighted by Crippen LogP contribution is -2.50. The third kappa shape index (κ3) is 3.50. The Kier molecular flexibility index (Phi) is 5.13. The lowest BCUT2D eigenvalue weighted by Gasteiger charge is -2.32. The van der Waals surface area contributed by atoms with E-state index < -0.39 is 0 Å². The van der Waals surface area contributed by atoms with Crippen LogP contribution < -0.4 is 5.43 Å². The van der Waals surface area contributed by atoms with Gasteiger partial charge < -0.3 is 4.90 Å². The maximum absolute atomic E-state index is 6.16. The van der Waals surface area contributed by atoms with Gasteiger partial charge in [0.1, 0.15) is 0 Å². The van der Waals surface area contributed by atoms with E-state index in [1.165, 1.54) is 0 Å². The first-order valence-electron chi connectivity index (χ1n) is 5.87. The fourth-order valence-corrected chi connectivity index (χ4v) is 2.57.